The largest absolute Gasteiger partial charge is 0.497 e. The minimum Gasteiger partial charge on any atom is -0.497 e. The Kier molecular flexibility index (Phi) is 3.92. The second kappa shape index (κ2) is 5.81. The van der Waals surface area contributed by atoms with Gasteiger partial charge in [-0.3, -0.25) is 0 Å². The Hall–Kier alpha value is -2.63. The Morgan fingerprint density at radius 1 is 1.37 bits per heavy atom. The lowest BCUT2D eigenvalue weighted by atomic mass is 10.2. The van der Waals surface area contributed by atoms with Crippen LogP contribution in [0.2, 0.25) is 0 Å². The van der Waals surface area contributed by atoms with Crippen LogP contribution in [0, 0.1) is 0 Å². The lowest BCUT2D eigenvalue weighted by Crippen LogP contribution is -2.10. The van der Waals surface area contributed by atoms with E-state index in [-0.39, 0.29) is 5.56 Å². The van der Waals surface area contributed by atoms with E-state index in [9.17, 15) is 4.79 Å². The number of rotatable bonds is 5. The molecule has 0 radical (unpaired) electrons. The van der Waals surface area contributed by atoms with Crippen molar-refractivity contribution in [1.29, 1.82) is 0 Å². The Morgan fingerprint density at radius 2 is 2.11 bits per heavy atom. The number of carboxylic acids is 1. The first-order valence-electron chi connectivity index (χ1n) is 5.61. The Bertz CT molecular complexity index is 570. The first-order valence-corrected chi connectivity index (χ1v) is 5.61. The van der Waals surface area contributed by atoms with Gasteiger partial charge in [0.15, 0.2) is 0 Å². The van der Waals surface area contributed by atoms with Crippen LogP contribution in [0.1, 0.15) is 16.1 Å². The first kappa shape index (κ1) is 12.8. The third kappa shape index (κ3) is 3.19. The zero-order valence-corrected chi connectivity index (χ0v) is 10.3. The molecule has 0 unspecified atom stereocenters. The van der Waals surface area contributed by atoms with E-state index in [4.69, 9.17) is 9.84 Å². The molecule has 0 fully saturated rings. The molecule has 2 N–H and O–H groups in total. The third-order valence-corrected chi connectivity index (χ3v) is 2.58. The molecule has 19 heavy (non-hydrogen) atoms. The Labute approximate surface area is 110 Å². The van der Waals surface area contributed by atoms with Crippen LogP contribution in [0.3, 0.4) is 0 Å². The van der Waals surface area contributed by atoms with Crippen molar-refractivity contribution >= 4 is 11.7 Å². The number of nitrogens with one attached hydrogen (secondary N) is 1. The summed E-state index contributed by atoms with van der Waals surface area (Å²) in [5.74, 6) is -0.272. The molecular weight excluding hydrogens is 246 g/mol. The predicted octanol–water partition coefficient (Wildman–Crippen LogP) is 1.80. The average molecular weight is 259 g/mol. The molecule has 0 bridgehead atoms. The summed E-state index contributed by atoms with van der Waals surface area (Å²) in [6.45, 7) is 0.316. The minimum absolute atomic E-state index is 0.100. The average Bonchev–Trinajstić information content (AvgIpc) is 2.46. The van der Waals surface area contributed by atoms with Crippen molar-refractivity contribution in [3.05, 3.63) is 48.0 Å². The van der Waals surface area contributed by atoms with Gasteiger partial charge in [0.25, 0.3) is 0 Å². The highest BCUT2D eigenvalue weighted by Crippen LogP contribution is 2.16. The van der Waals surface area contributed by atoms with Crippen LogP contribution in [0.5, 0.6) is 5.75 Å². The zero-order valence-electron chi connectivity index (χ0n) is 10.3. The molecule has 0 aliphatic carbocycles. The molecule has 2 aromatic rings. The van der Waals surface area contributed by atoms with Gasteiger partial charge in [0.1, 0.15) is 17.6 Å². The van der Waals surface area contributed by atoms with Crippen LogP contribution in [0.15, 0.2) is 36.8 Å². The van der Waals surface area contributed by atoms with E-state index >= 15 is 0 Å². The SMILES string of the molecule is COc1ccc(NCc2ncncc2C(=O)O)cc1. The van der Waals surface area contributed by atoms with Crippen LogP contribution in [-0.4, -0.2) is 28.2 Å². The van der Waals surface area contributed by atoms with Gasteiger partial charge in [-0.05, 0) is 24.3 Å². The van der Waals surface area contributed by atoms with E-state index in [0.717, 1.165) is 11.4 Å². The fraction of sp³-hybridized carbons (Fsp3) is 0.154. The van der Waals surface area contributed by atoms with Crippen LogP contribution in [0.4, 0.5) is 5.69 Å². The second-order valence-electron chi connectivity index (χ2n) is 3.77. The van der Waals surface area contributed by atoms with Gasteiger partial charge in [-0.1, -0.05) is 0 Å². The van der Waals surface area contributed by atoms with Gasteiger partial charge in [0.2, 0.25) is 0 Å². The van der Waals surface area contributed by atoms with Gasteiger partial charge in [0.05, 0.1) is 19.3 Å². The van der Waals surface area contributed by atoms with E-state index in [1.807, 2.05) is 24.3 Å². The quantitative estimate of drug-likeness (QED) is 0.851. The molecule has 1 aromatic heterocycles. The molecule has 2 rings (SSSR count). The van der Waals surface area contributed by atoms with Gasteiger partial charge in [-0.15, -0.1) is 0 Å². The molecule has 0 aliphatic rings. The number of ether oxygens (including phenoxy) is 1. The standard InChI is InChI=1S/C13H13N3O3/c1-19-10-4-2-9(3-5-10)15-7-12-11(13(17)18)6-14-8-16-12/h2-6,8,15H,7H2,1H3,(H,17,18). The smallest absolute Gasteiger partial charge is 0.339 e. The number of benzene rings is 1. The van der Waals surface area contributed by atoms with Crippen molar-refractivity contribution in [2.24, 2.45) is 0 Å². The summed E-state index contributed by atoms with van der Waals surface area (Å²) in [5.41, 5.74) is 1.40. The molecule has 0 amide bonds. The fourth-order valence-corrected chi connectivity index (χ4v) is 1.57. The van der Waals surface area contributed by atoms with Gasteiger partial charge < -0.3 is 15.2 Å². The maximum atomic E-state index is 11.0. The zero-order chi connectivity index (χ0) is 13.7. The highest BCUT2D eigenvalue weighted by molar-refractivity contribution is 5.88. The molecule has 0 atom stereocenters. The molecule has 1 aromatic carbocycles. The van der Waals surface area contributed by atoms with Gasteiger partial charge in [-0.25, -0.2) is 14.8 Å². The highest BCUT2D eigenvalue weighted by Gasteiger charge is 2.10. The molecule has 98 valence electrons. The van der Waals surface area contributed by atoms with Crippen molar-refractivity contribution in [3.8, 4) is 5.75 Å². The van der Waals surface area contributed by atoms with E-state index < -0.39 is 5.97 Å². The number of hydrogen-bond acceptors (Lipinski definition) is 5. The predicted molar refractivity (Wildman–Crippen MR) is 69.3 cm³/mol. The maximum absolute atomic E-state index is 11.0. The van der Waals surface area contributed by atoms with Crippen molar-refractivity contribution in [2.45, 2.75) is 6.54 Å². The highest BCUT2D eigenvalue weighted by atomic mass is 16.5. The van der Waals surface area contributed by atoms with E-state index in [2.05, 4.69) is 15.3 Å². The van der Waals surface area contributed by atoms with Crippen molar-refractivity contribution in [3.63, 3.8) is 0 Å². The fourth-order valence-electron chi connectivity index (χ4n) is 1.57. The number of anilines is 1. The number of hydrogen-bond donors (Lipinski definition) is 2. The van der Waals surface area contributed by atoms with Crippen LogP contribution >= 0.6 is 0 Å². The topological polar surface area (TPSA) is 84.3 Å². The monoisotopic (exact) mass is 259 g/mol. The number of nitrogens with zero attached hydrogens (tertiary/aromatic N) is 2. The Balaban J connectivity index is 2.07. The van der Waals surface area contributed by atoms with Crippen LogP contribution in [0.25, 0.3) is 0 Å². The summed E-state index contributed by atoms with van der Waals surface area (Å²) < 4.78 is 5.06. The van der Waals surface area contributed by atoms with E-state index in [0.29, 0.717) is 12.2 Å². The normalized spacial score (nSPS) is 9.95. The van der Waals surface area contributed by atoms with Gasteiger partial charge >= 0.3 is 5.97 Å². The number of carbonyl (C=O) groups is 1. The first-order chi connectivity index (χ1) is 9.20. The molecule has 6 heteroatoms. The third-order valence-electron chi connectivity index (χ3n) is 2.58. The maximum Gasteiger partial charge on any atom is 0.339 e. The van der Waals surface area contributed by atoms with Crippen molar-refractivity contribution in [2.75, 3.05) is 12.4 Å². The Morgan fingerprint density at radius 3 is 2.74 bits per heavy atom. The molecule has 0 aliphatic heterocycles. The van der Waals surface area contributed by atoms with Crippen molar-refractivity contribution < 1.29 is 14.6 Å². The van der Waals surface area contributed by atoms with E-state index in [1.165, 1.54) is 12.5 Å². The van der Waals surface area contributed by atoms with Crippen molar-refractivity contribution in [1.82, 2.24) is 9.97 Å². The lowest BCUT2D eigenvalue weighted by molar-refractivity contribution is 0.0694. The lowest BCUT2D eigenvalue weighted by Gasteiger charge is -2.08. The molecule has 0 saturated carbocycles. The summed E-state index contributed by atoms with van der Waals surface area (Å²) in [6, 6.07) is 7.34. The van der Waals surface area contributed by atoms with Gasteiger partial charge in [0, 0.05) is 11.9 Å². The van der Waals surface area contributed by atoms with Gasteiger partial charge in [-0.2, -0.15) is 0 Å². The number of methoxy groups -OCH3 is 1. The molecule has 6 nitrogen and oxygen atoms in total. The molecular formula is C13H13N3O3. The molecule has 0 saturated heterocycles. The summed E-state index contributed by atoms with van der Waals surface area (Å²) in [4.78, 5) is 18.7. The summed E-state index contributed by atoms with van der Waals surface area (Å²) in [7, 11) is 1.60. The number of carboxylic acid groups (broad SMARTS) is 1. The van der Waals surface area contributed by atoms with Crippen LogP contribution < -0.4 is 10.1 Å². The van der Waals surface area contributed by atoms with E-state index in [1.54, 1.807) is 7.11 Å². The summed E-state index contributed by atoms with van der Waals surface area (Å²) in [6.07, 6.45) is 2.62. The summed E-state index contributed by atoms with van der Waals surface area (Å²) in [5, 5.41) is 12.1. The second-order valence-corrected chi connectivity index (χ2v) is 3.77. The number of aromatic carboxylic acids is 1. The minimum atomic E-state index is -1.04. The molecule has 0 spiro atoms. The molecule has 1 heterocycles. The van der Waals surface area contributed by atoms with Crippen LogP contribution in [-0.2, 0) is 6.54 Å². The number of aromatic nitrogens is 2. The summed E-state index contributed by atoms with van der Waals surface area (Å²) >= 11 is 0.